The Kier molecular flexibility index (Phi) is 7.04. The third kappa shape index (κ3) is 4.33. The molecule has 1 N–H and O–H groups in total. The number of rotatable bonds is 6. The molecule has 0 spiro atoms. The second-order valence-corrected chi connectivity index (χ2v) is 9.17. The molecule has 0 fully saturated rings. The van der Waals surface area contributed by atoms with Crippen LogP contribution in [-0.2, 0) is 9.59 Å². The molecule has 1 aromatic heterocycles. The number of nitrogens with one attached hydrogen (secondary N) is 1. The monoisotopic (exact) mass is 499 g/mol. The normalized spacial score (nSPS) is 14.4. The minimum absolute atomic E-state index is 0.139. The number of anilines is 1. The third-order valence-electron chi connectivity index (χ3n) is 5.38. The molecule has 34 heavy (non-hydrogen) atoms. The van der Waals surface area contributed by atoms with E-state index in [1.807, 2.05) is 25.1 Å². The van der Waals surface area contributed by atoms with Crippen LogP contribution in [0.1, 0.15) is 45.3 Å². The quantitative estimate of drug-likeness (QED) is 0.237. The van der Waals surface area contributed by atoms with E-state index in [0.717, 1.165) is 0 Å². The molecule has 2 heterocycles. The molecule has 0 bridgehead atoms. The topological polar surface area (TPSA) is 96.2 Å². The Labute approximate surface area is 205 Å². The average Bonchev–Trinajstić information content (AvgIpc) is 2.83. The minimum atomic E-state index is -0.760. The van der Waals surface area contributed by atoms with Gasteiger partial charge in [-0.3, -0.25) is 19.4 Å². The Morgan fingerprint density at radius 1 is 1.18 bits per heavy atom. The van der Waals surface area contributed by atoms with Gasteiger partial charge in [-0.15, -0.1) is 0 Å². The highest BCUT2D eigenvalue weighted by molar-refractivity contribution is 7.99. The van der Waals surface area contributed by atoms with E-state index in [0.29, 0.717) is 33.4 Å². The maximum absolute atomic E-state index is 13.2. The largest absolute Gasteiger partial charge is 0.425 e. The lowest BCUT2D eigenvalue weighted by Gasteiger charge is -2.32. The van der Waals surface area contributed by atoms with Crippen LogP contribution in [0.3, 0.4) is 0 Å². The molecule has 0 aliphatic carbocycles. The van der Waals surface area contributed by atoms with Gasteiger partial charge in [0.1, 0.15) is 5.75 Å². The Bertz CT molecular complexity index is 1330. The Hall–Kier alpha value is -3.17. The van der Waals surface area contributed by atoms with E-state index in [2.05, 4.69) is 4.98 Å². The Morgan fingerprint density at radius 2 is 1.94 bits per heavy atom. The first-order valence-electron chi connectivity index (χ1n) is 11.0. The Morgan fingerprint density at radius 3 is 2.62 bits per heavy atom. The van der Waals surface area contributed by atoms with E-state index in [1.165, 1.54) is 11.8 Å². The first kappa shape index (κ1) is 24.0. The van der Waals surface area contributed by atoms with Crippen molar-refractivity contribution in [2.45, 2.75) is 44.9 Å². The molecule has 0 radical (unpaired) electrons. The minimum Gasteiger partial charge on any atom is -0.425 e. The molecule has 1 aliphatic heterocycles. The van der Waals surface area contributed by atoms with Crippen molar-refractivity contribution in [3.63, 3.8) is 0 Å². The standard InChI is InChI=1S/C24H23ClN4O4S/c1-4-19(30)28-17-10-8-7-9-15(17)21-22(32)26-24(34-6-3)27-29(21)23(28)14-11-12-18(16(25)13-14)33-20(31)5-2/h7-13,23H,4-6H2,1-3H3/p+1. The number of aromatic amines is 1. The van der Waals surface area contributed by atoms with Gasteiger partial charge in [-0.05, 0) is 40.8 Å². The number of carbonyl (C=O) groups excluding carboxylic acids is 2. The molecular formula is C24H24ClN4O4S+. The predicted molar refractivity (Wildman–Crippen MR) is 130 cm³/mol. The first-order valence-corrected chi connectivity index (χ1v) is 12.4. The van der Waals surface area contributed by atoms with Gasteiger partial charge >= 0.3 is 17.2 Å². The van der Waals surface area contributed by atoms with Crippen LogP contribution in [-0.4, -0.2) is 27.7 Å². The second kappa shape index (κ2) is 9.99. The summed E-state index contributed by atoms with van der Waals surface area (Å²) in [5.74, 6) is 0.399. The van der Waals surface area contributed by atoms with Crippen molar-refractivity contribution >= 4 is 40.9 Å². The number of fused-ring (bicyclic) bond motifs is 3. The summed E-state index contributed by atoms with van der Waals surface area (Å²) >= 11 is 7.86. The summed E-state index contributed by atoms with van der Waals surface area (Å²) < 4.78 is 6.88. The molecule has 176 valence electrons. The van der Waals surface area contributed by atoms with Gasteiger partial charge in [0, 0.05) is 23.5 Å². The second-order valence-electron chi connectivity index (χ2n) is 7.51. The van der Waals surface area contributed by atoms with Crippen LogP contribution in [0, 0.1) is 0 Å². The Balaban J connectivity index is 1.97. The van der Waals surface area contributed by atoms with Crippen LogP contribution in [0.2, 0.25) is 5.02 Å². The molecule has 0 saturated heterocycles. The van der Waals surface area contributed by atoms with Crippen molar-refractivity contribution in [1.82, 2.24) is 10.1 Å². The van der Waals surface area contributed by atoms with E-state index in [9.17, 15) is 14.4 Å². The summed E-state index contributed by atoms with van der Waals surface area (Å²) in [7, 11) is 0. The van der Waals surface area contributed by atoms with Crippen molar-refractivity contribution in [2.24, 2.45) is 0 Å². The average molecular weight is 500 g/mol. The van der Waals surface area contributed by atoms with Gasteiger partial charge in [0.25, 0.3) is 6.17 Å². The number of para-hydroxylation sites is 1. The van der Waals surface area contributed by atoms with Gasteiger partial charge in [0.05, 0.1) is 16.3 Å². The number of H-pyrrole nitrogens is 1. The zero-order valence-corrected chi connectivity index (χ0v) is 20.6. The number of hydrogen-bond donors (Lipinski definition) is 1. The van der Waals surface area contributed by atoms with Crippen LogP contribution in [0.15, 0.2) is 52.4 Å². The highest BCUT2D eigenvalue weighted by atomic mass is 35.5. The fourth-order valence-corrected chi connectivity index (χ4v) is 4.68. The van der Waals surface area contributed by atoms with Crippen LogP contribution < -0.4 is 19.9 Å². The first-order chi connectivity index (χ1) is 16.4. The highest BCUT2D eigenvalue weighted by Gasteiger charge is 2.45. The molecule has 1 unspecified atom stereocenters. The number of carbonyl (C=O) groups is 2. The maximum Gasteiger partial charge on any atom is 0.325 e. The van der Waals surface area contributed by atoms with Crippen molar-refractivity contribution in [2.75, 3.05) is 10.7 Å². The molecule has 3 aromatic rings. The third-order valence-corrected chi connectivity index (χ3v) is 6.42. The summed E-state index contributed by atoms with van der Waals surface area (Å²) in [6.07, 6.45) is -0.297. The smallest absolute Gasteiger partial charge is 0.325 e. The fourth-order valence-electron chi connectivity index (χ4n) is 3.87. The molecule has 1 aliphatic rings. The van der Waals surface area contributed by atoms with Gasteiger partial charge in [0.2, 0.25) is 11.1 Å². The lowest BCUT2D eigenvalue weighted by atomic mass is 10.0. The van der Waals surface area contributed by atoms with Crippen LogP contribution in [0.5, 0.6) is 5.75 Å². The van der Waals surface area contributed by atoms with Gasteiger partial charge in [-0.1, -0.05) is 56.3 Å². The molecular weight excluding hydrogens is 476 g/mol. The number of ether oxygens (including phenoxy) is 1. The maximum atomic E-state index is 13.2. The van der Waals surface area contributed by atoms with Gasteiger partial charge < -0.3 is 4.74 Å². The highest BCUT2D eigenvalue weighted by Crippen LogP contribution is 2.39. The van der Waals surface area contributed by atoms with Crippen molar-refractivity contribution in [3.8, 4) is 17.0 Å². The number of amides is 1. The van der Waals surface area contributed by atoms with Gasteiger partial charge in [0.15, 0.2) is 0 Å². The van der Waals surface area contributed by atoms with Crippen molar-refractivity contribution in [3.05, 3.63) is 63.4 Å². The van der Waals surface area contributed by atoms with Gasteiger partial charge in [-0.25, -0.2) is 4.90 Å². The van der Waals surface area contributed by atoms with E-state index >= 15 is 0 Å². The molecule has 0 saturated carbocycles. The molecule has 4 rings (SSSR count). The summed E-state index contributed by atoms with van der Waals surface area (Å²) in [6, 6.07) is 12.2. The number of thioether (sulfide) groups is 1. The number of nitrogens with zero attached hydrogens (tertiary/aromatic N) is 3. The van der Waals surface area contributed by atoms with Crippen LogP contribution in [0.4, 0.5) is 5.69 Å². The number of benzene rings is 2. The van der Waals surface area contributed by atoms with Gasteiger partial charge in [-0.2, -0.15) is 0 Å². The van der Waals surface area contributed by atoms with E-state index in [1.54, 1.807) is 47.7 Å². The molecule has 8 nitrogen and oxygen atoms in total. The van der Waals surface area contributed by atoms with Crippen molar-refractivity contribution < 1.29 is 19.0 Å². The summed E-state index contributed by atoms with van der Waals surface area (Å²) in [5.41, 5.74) is 1.89. The van der Waals surface area contributed by atoms with E-state index in [4.69, 9.17) is 21.4 Å². The number of aromatic nitrogens is 3. The number of hydrogen-bond acceptors (Lipinski definition) is 6. The molecule has 2 aromatic carbocycles. The molecule has 1 atom stereocenters. The van der Waals surface area contributed by atoms with Crippen molar-refractivity contribution in [1.29, 1.82) is 0 Å². The number of halogens is 1. The van der Waals surface area contributed by atoms with E-state index in [-0.39, 0.29) is 35.1 Å². The zero-order valence-electron chi connectivity index (χ0n) is 19.0. The fraction of sp³-hybridized carbons (Fsp3) is 0.292. The predicted octanol–water partition coefficient (Wildman–Crippen LogP) is 4.11. The summed E-state index contributed by atoms with van der Waals surface area (Å²) in [5, 5.41) is 5.37. The van der Waals surface area contributed by atoms with E-state index < -0.39 is 12.1 Å². The zero-order chi connectivity index (χ0) is 24.4. The number of esters is 1. The van der Waals surface area contributed by atoms with Crippen LogP contribution >= 0.6 is 23.4 Å². The summed E-state index contributed by atoms with van der Waals surface area (Å²) in [4.78, 5) is 42.7. The molecule has 10 heteroatoms. The lowest BCUT2D eigenvalue weighted by Crippen LogP contribution is -2.60. The lowest BCUT2D eigenvalue weighted by molar-refractivity contribution is -0.763. The van der Waals surface area contributed by atoms with Crippen LogP contribution in [0.25, 0.3) is 11.3 Å². The summed E-state index contributed by atoms with van der Waals surface area (Å²) in [6.45, 7) is 5.44. The SMILES string of the molecule is CCSc1n[n+]2c(c(=O)[nH]1)-c1ccccc1N(C(=O)CC)C2c1ccc(OC(=O)CC)c(Cl)c1. The molecule has 1 amide bonds.